The van der Waals surface area contributed by atoms with Crippen molar-refractivity contribution in [2.75, 3.05) is 46.4 Å². The quantitative estimate of drug-likeness (QED) is 0.767. The van der Waals surface area contributed by atoms with Gasteiger partial charge in [0.25, 0.3) is 0 Å². The zero-order valence-corrected chi connectivity index (χ0v) is 14.7. The van der Waals surface area contributed by atoms with Gasteiger partial charge in [-0.2, -0.15) is 4.98 Å². The van der Waals surface area contributed by atoms with Gasteiger partial charge in [0, 0.05) is 46.3 Å². The number of piperazine rings is 1. The second-order valence-electron chi connectivity index (χ2n) is 6.35. The average molecular weight is 346 g/mol. The first-order valence-corrected chi connectivity index (χ1v) is 8.72. The van der Waals surface area contributed by atoms with Gasteiger partial charge in [0.05, 0.1) is 19.3 Å². The van der Waals surface area contributed by atoms with Gasteiger partial charge in [-0.1, -0.05) is 35.5 Å². The van der Waals surface area contributed by atoms with E-state index in [9.17, 15) is 5.11 Å². The minimum absolute atomic E-state index is 0.438. The number of aliphatic hydroxyl groups excluding tert-OH is 1. The molecule has 136 valence electrons. The van der Waals surface area contributed by atoms with Gasteiger partial charge < -0.3 is 14.4 Å². The van der Waals surface area contributed by atoms with E-state index < -0.39 is 6.10 Å². The number of hydrogen-bond acceptors (Lipinski definition) is 7. The van der Waals surface area contributed by atoms with Gasteiger partial charge in [0.15, 0.2) is 5.82 Å². The zero-order valence-electron chi connectivity index (χ0n) is 14.7. The number of methoxy groups -OCH3 is 1. The van der Waals surface area contributed by atoms with Crippen molar-refractivity contribution >= 4 is 0 Å². The van der Waals surface area contributed by atoms with Crippen LogP contribution in [-0.2, 0) is 17.7 Å². The van der Waals surface area contributed by atoms with E-state index in [1.165, 1.54) is 0 Å². The highest BCUT2D eigenvalue weighted by Crippen LogP contribution is 2.15. The SMILES string of the molecule is COCCc1noc(CN2CCN(C[C@@H](O)c3ccccc3)CC2)n1. The standard InChI is InChI=1S/C18H26N4O3/c1-24-12-7-17-19-18(25-20-17)14-22-10-8-21(9-11-22)13-16(23)15-5-3-2-4-6-15/h2-6,16,23H,7-14H2,1H3/t16-/m1/s1. The van der Waals surface area contributed by atoms with E-state index in [0.29, 0.717) is 37.8 Å². The molecular weight excluding hydrogens is 320 g/mol. The molecule has 1 atom stereocenters. The first-order chi connectivity index (χ1) is 12.2. The van der Waals surface area contributed by atoms with E-state index in [2.05, 4.69) is 19.9 Å². The molecule has 1 fully saturated rings. The van der Waals surface area contributed by atoms with Crippen LogP contribution in [0.3, 0.4) is 0 Å². The summed E-state index contributed by atoms with van der Waals surface area (Å²) < 4.78 is 10.3. The van der Waals surface area contributed by atoms with Crippen LogP contribution in [0.4, 0.5) is 0 Å². The molecule has 0 aliphatic carbocycles. The topological polar surface area (TPSA) is 74.9 Å². The first kappa shape index (κ1) is 18.0. The van der Waals surface area contributed by atoms with Crippen LogP contribution in [-0.4, -0.2) is 71.5 Å². The predicted molar refractivity (Wildman–Crippen MR) is 93.0 cm³/mol. The average Bonchev–Trinajstić information content (AvgIpc) is 3.09. The Labute approximate surface area is 148 Å². The lowest BCUT2D eigenvalue weighted by Crippen LogP contribution is -2.47. The van der Waals surface area contributed by atoms with Crippen LogP contribution in [0.1, 0.15) is 23.4 Å². The first-order valence-electron chi connectivity index (χ1n) is 8.72. The normalized spacial score (nSPS) is 17.7. The molecule has 3 rings (SSSR count). The van der Waals surface area contributed by atoms with Crippen LogP contribution >= 0.6 is 0 Å². The fourth-order valence-electron chi connectivity index (χ4n) is 3.00. The Hall–Kier alpha value is -1.80. The Bertz CT molecular complexity index is 626. The minimum Gasteiger partial charge on any atom is -0.387 e. The zero-order chi connectivity index (χ0) is 17.5. The van der Waals surface area contributed by atoms with Gasteiger partial charge in [-0.3, -0.25) is 9.80 Å². The Balaban J connectivity index is 1.42. The maximum Gasteiger partial charge on any atom is 0.240 e. The molecule has 0 bridgehead atoms. The van der Waals surface area contributed by atoms with Crippen LogP contribution < -0.4 is 0 Å². The molecule has 7 nitrogen and oxygen atoms in total. The Morgan fingerprint density at radius 1 is 1.16 bits per heavy atom. The summed E-state index contributed by atoms with van der Waals surface area (Å²) in [7, 11) is 1.66. The van der Waals surface area contributed by atoms with Crippen LogP contribution in [0.5, 0.6) is 0 Å². The highest BCUT2D eigenvalue weighted by molar-refractivity contribution is 5.17. The summed E-state index contributed by atoms with van der Waals surface area (Å²) in [6.45, 7) is 5.65. The molecule has 0 amide bonds. The van der Waals surface area contributed by atoms with E-state index in [-0.39, 0.29) is 0 Å². The molecule has 0 unspecified atom stereocenters. The van der Waals surface area contributed by atoms with Crippen LogP contribution in [0.2, 0.25) is 0 Å². The molecule has 1 aromatic heterocycles. The van der Waals surface area contributed by atoms with Gasteiger partial charge in [-0.15, -0.1) is 0 Å². The summed E-state index contributed by atoms with van der Waals surface area (Å²) in [6, 6.07) is 9.83. The number of nitrogens with zero attached hydrogens (tertiary/aromatic N) is 4. The lowest BCUT2D eigenvalue weighted by Gasteiger charge is -2.34. The van der Waals surface area contributed by atoms with E-state index in [0.717, 1.165) is 31.7 Å². The fraction of sp³-hybridized carbons (Fsp3) is 0.556. The smallest absolute Gasteiger partial charge is 0.240 e. The van der Waals surface area contributed by atoms with Crippen LogP contribution in [0.25, 0.3) is 0 Å². The van der Waals surface area contributed by atoms with Crippen molar-refractivity contribution < 1.29 is 14.4 Å². The largest absolute Gasteiger partial charge is 0.387 e. The number of ether oxygens (including phenoxy) is 1. The monoisotopic (exact) mass is 346 g/mol. The molecule has 1 N–H and O–H groups in total. The van der Waals surface area contributed by atoms with E-state index in [1.54, 1.807) is 7.11 Å². The molecule has 2 heterocycles. The van der Waals surface area contributed by atoms with Gasteiger partial charge in [0.1, 0.15) is 0 Å². The van der Waals surface area contributed by atoms with E-state index in [4.69, 9.17) is 9.26 Å². The Kier molecular flexibility index (Phi) is 6.52. The lowest BCUT2D eigenvalue weighted by molar-refractivity contribution is 0.0663. The second-order valence-corrected chi connectivity index (χ2v) is 6.35. The molecule has 7 heteroatoms. The number of aromatic nitrogens is 2. The van der Waals surface area contributed by atoms with Crippen LogP contribution in [0.15, 0.2) is 34.9 Å². The summed E-state index contributed by atoms with van der Waals surface area (Å²) in [4.78, 5) is 9.00. The number of β-amino-alcohol motifs (C(OH)–C–C–N with tert-alkyl or cyclic N) is 1. The highest BCUT2D eigenvalue weighted by atomic mass is 16.5. The molecule has 1 aromatic carbocycles. The van der Waals surface area contributed by atoms with Crippen molar-refractivity contribution in [3.8, 4) is 0 Å². The molecule has 0 spiro atoms. The minimum atomic E-state index is -0.438. The van der Waals surface area contributed by atoms with Gasteiger partial charge in [-0.05, 0) is 5.56 Å². The summed E-state index contributed by atoms with van der Waals surface area (Å²) in [5.74, 6) is 1.35. The molecule has 0 saturated carbocycles. The summed E-state index contributed by atoms with van der Waals surface area (Å²) in [5, 5.41) is 14.3. The van der Waals surface area contributed by atoms with Crippen molar-refractivity contribution in [2.24, 2.45) is 0 Å². The van der Waals surface area contributed by atoms with E-state index in [1.807, 2.05) is 30.3 Å². The molecule has 25 heavy (non-hydrogen) atoms. The Morgan fingerprint density at radius 2 is 1.88 bits per heavy atom. The third-order valence-corrected chi connectivity index (χ3v) is 4.48. The maximum atomic E-state index is 10.3. The molecular formula is C18H26N4O3. The third-order valence-electron chi connectivity index (χ3n) is 4.48. The summed E-state index contributed by atoms with van der Waals surface area (Å²) >= 11 is 0. The second kappa shape index (κ2) is 9.05. The van der Waals surface area contributed by atoms with Gasteiger partial charge in [0.2, 0.25) is 5.89 Å². The summed E-state index contributed by atoms with van der Waals surface area (Å²) in [6.07, 6.45) is 0.234. The van der Waals surface area contributed by atoms with Crippen molar-refractivity contribution in [2.45, 2.75) is 19.1 Å². The molecule has 1 aliphatic heterocycles. The molecule has 1 aliphatic rings. The number of hydrogen-bond donors (Lipinski definition) is 1. The van der Waals surface area contributed by atoms with Gasteiger partial charge >= 0.3 is 0 Å². The molecule has 0 radical (unpaired) electrons. The third kappa shape index (κ3) is 5.34. The van der Waals surface area contributed by atoms with Crippen molar-refractivity contribution in [3.05, 3.63) is 47.6 Å². The number of aliphatic hydroxyl groups is 1. The van der Waals surface area contributed by atoms with Crippen molar-refractivity contribution in [1.29, 1.82) is 0 Å². The Morgan fingerprint density at radius 3 is 2.60 bits per heavy atom. The molecule has 1 saturated heterocycles. The predicted octanol–water partition coefficient (Wildman–Crippen LogP) is 1.11. The lowest BCUT2D eigenvalue weighted by atomic mass is 10.1. The maximum absolute atomic E-state index is 10.3. The van der Waals surface area contributed by atoms with Crippen molar-refractivity contribution in [1.82, 2.24) is 19.9 Å². The van der Waals surface area contributed by atoms with Crippen LogP contribution in [0, 0.1) is 0 Å². The van der Waals surface area contributed by atoms with E-state index >= 15 is 0 Å². The number of benzene rings is 1. The number of rotatable bonds is 8. The van der Waals surface area contributed by atoms with Crippen molar-refractivity contribution in [3.63, 3.8) is 0 Å². The summed E-state index contributed by atoms with van der Waals surface area (Å²) in [5.41, 5.74) is 0.972. The fourth-order valence-corrected chi connectivity index (χ4v) is 3.00. The molecule has 2 aromatic rings. The van der Waals surface area contributed by atoms with Gasteiger partial charge in [-0.25, -0.2) is 0 Å². The highest BCUT2D eigenvalue weighted by Gasteiger charge is 2.21.